The minimum Gasteiger partial charge on any atom is -0.298 e. The maximum absolute atomic E-state index is 11.0. The van der Waals surface area contributed by atoms with Crippen LogP contribution in [0.25, 0.3) is 10.1 Å². The molecule has 2 rings (SSSR count). The third kappa shape index (κ3) is 1.59. The Bertz CT molecular complexity index is 487. The summed E-state index contributed by atoms with van der Waals surface area (Å²) in [6.07, 6.45) is 1.91. The molecule has 1 nitrogen and oxygen atoms in total. The van der Waals surface area contributed by atoms with E-state index in [1.54, 1.807) is 11.3 Å². The summed E-state index contributed by atoms with van der Waals surface area (Å²) in [5.41, 5.74) is 0.879. The lowest BCUT2D eigenvalue weighted by Gasteiger charge is -1.92. The molecule has 0 aliphatic heterocycles. The van der Waals surface area contributed by atoms with Crippen LogP contribution in [0.3, 0.4) is 0 Å². The van der Waals surface area contributed by atoms with E-state index in [4.69, 9.17) is 0 Å². The maximum atomic E-state index is 11.0. The first-order valence-corrected chi connectivity index (χ1v) is 6.32. The van der Waals surface area contributed by atoms with Gasteiger partial charge in [0.25, 0.3) is 0 Å². The van der Waals surface area contributed by atoms with E-state index in [1.165, 1.54) is 13.1 Å². The fourth-order valence-electron chi connectivity index (χ4n) is 1.53. The second-order valence-electron chi connectivity index (χ2n) is 3.05. The highest BCUT2D eigenvalue weighted by atomic mass is 127. The summed E-state index contributed by atoms with van der Waals surface area (Å²) < 4.78 is 2.44. The van der Waals surface area contributed by atoms with E-state index in [-0.39, 0.29) is 0 Å². The van der Waals surface area contributed by atoms with E-state index < -0.39 is 0 Å². The van der Waals surface area contributed by atoms with Crippen LogP contribution in [0.5, 0.6) is 0 Å². The van der Waals surface area contributed by atoms with E-state index in [0.29, 0.717) is 0 Å². The number of rotatable bonds is 2. The van der Waals surface area contributed by atoms with Gasteiger partial charge in [0, 0.05) is 24.1 Å². The van der Waals surface area contributed by atoms with Crippen LogP contribution < -0.4 is 0 Å². The number of hydrogen-bond acceptors (Lipinski definition) is 2. The van der Waals surface area contributed by atoms with E-state index in [0.717, 1.165) is 23.7 Å². The number of aldehydes is 1. The van der Waals surface area contributed by atoms with Crippen LogP contribution in [0.1, 0.15) is 22.2 Å². The monoisotopic (exact) mass is 316 g/mol. The molecule has 0 fully saturated rings. The fourth-order valence-corrected chi connectivity index (χ4v) is 3.39. The molecule has 0 atom stereocenters. The van der Waals surface area contributed by atoms with Gasteiger partial charge in [-0.3, -0.25) is 4.79 Å². The molecule has 0 unspecified atom stereocenters. The Morgan fingerprint density at radius 3 is 2.93 bits per heavy atom. The zero-order valence-electron chi connectivity index (χ0n) is 7.71. The molecular formula is C11H9IOS. The largest absolute Gasteiger partial charge is 0.298 e. The Morgan fingerprint density at radius 2 is 2.29 bits per heavy atom. The van der Waals surface area contributed by atoms with Crippen LogP contribution in [-0.2, 0) is 6.42 Å². The third-order valence-corrected chi connectivity index (χ3v) is 4.19. The molecule has 72 valence electrons. The van der Waals surface area contributed by atoms with Gasteiger partial charge in [0.05, 0.1) is 0 Å². The molecule has 1 heterocycles. The Morgan fingerprint density at radius 1 is 1.50 bits per heavy atom. The topological polar surface area (TPSA) is 17.1 Å². The van der Waals surface area contributed by atoms with Crippen molar-refractivity contribution in [3.63, 3.8) is 0 Å². The maximum Gasteiger partial charge on any atom is 0.151 e. The van der Waals surface area contributed by atoms with Crippen molar-refractivity contribution in [2.45, 2.75) is 13.3 Å². The number of thiophene rings is 1. The van der Waals surface area contributed by atoms with Crippen LogP contribution in [0, 0.1) is 3.57 Å². The van der Waals surface area contributed by atoms with E-state index in [9.17, 15) is 4.79 Å². The van der Waals surface area contributed by atoms with Gasteiger partial charge in [-0.25, -0.2) is 0 Å². The zero-order chi connectivity index (χ0) is 10.1. The molecule has 0 spiro atoms. The van der Waals surface area contributed by atoms with Crippen molar-refractivity contribution in [3.05, 3.63) is 32.2 Å². The minimum atomic E-state index is 0.879. The zero-order valence-corrected chi connectivity index (χ0v) is 10.7. The van der Waals surface area contributed by atoms with Crippen LogP contribution in [0.15, 0.2) is 18.2 Å². The summed E-state index contributed by atoms with van der Waals surface area (Å²) in [5, 5.41) is 1.10. The molecule has 0 saturated heterocycles. The van der Waals surface area contributed by atoms with Crippen molar-refractivity contribution in [2.24, 2.45) is 0 Å². The van der Waals surface area contributed by atoms with Gasteiger partial charge in [-0.15, -0.1) is 11.3 Å². The molecule has 0 aliphatic carbocycles. The molecule has 2 aromatic rings. The van der Waals surface area contributed by atoms with Gasteiger partial charge in [-0.2, -0.15) is 0 Å². The molecule has 0 aliphatic rings. The number of halogens is 1. The van der Waals surface area contributed by atoms with E-state index in [2.05, 4.69) is 35.6 Å². The van der Waals surface area contributed by atoms with Gasteiger partial charge < -0.3 is 0 Å². The van der Waals surface area contributed by atoms with E-state index in [1.807, 2.05) is 12.1 Å². The summed E-state index contributed by atoms with van der Waals surface area (Å²) >= 11 is 4.02. The number of benzene rings is 1. The van der Waals surface area contributed by atoms with Crippen molar-refractivity contribution < 1.29 is 4.79 Å². The van der Waals surface area contributed by atoms with Gasteiger partial charge in [0.15, 0.2) is 6.29 Å². The SMILES string of the molecule is CCc1sc2cc(I)ccc2c1C=O. The molecule has 0 bridgehead atoms. The highest BCUT2D eigenvalue weighted by Gasteiger charge is 2.09. The van der Waals surface area contributed by atoms with Gasteiger partial charge in [-0.05, 0) is 41.1 Å². The Hall–Kier alpha value is -0.420. The first-order chi connectivity index (χ1) is 6.76. The molecule has 3 heteroatoms. The van der Waals surface area contributed by atoms with Crippen molar-refractivity contribution in [1.82, 2.24) is 0 Å². The molecule has 0 N–H and O–H groups in total. The number of hydrogen-bond donors (Lipinski definition) is 0. The van der Waals surface area contributed by atoms with Crippen LogP contribution in [-0.4, -0.2) is 6.29 Å². The Balaban J connectivity index is 2.79. The molecule has 0 radical (unpaired) electrons. The van der Waals surface area contributed by atoms with Crippen LogP contribution >= 0.6 is 33.9 Å². The summed E-state index contributed by atoms with van der Waals surface area (Å²) in [7, 11) is 0. The molecular weight excluding hydrogens is 307 g/mol. The smallest absolute Gasteiger partial charge is 0.151 e. The lowest BCUT2D eigenvalue weighted by atomic mass is 10.1. The standard InChI is InChI=1S/C11H9IOS/c1-2-10-9(6-13)8-4-3-7(12)5-11(8)14-10/h3-6H,2H2,1H3. The van der Waals surface area contributed by atoms with Crippen molar-refractivity contribution in [3.8, 4) is 0 Å². The average Bonchev–Trinajstić information content (AvgIpc) is 2.54. The summed E-state index contributed by atoms with van der Waals surface area (Å²) in [5.74, 6) is 0. The molecule has 1 aromatic carbocycles. The van der Waals surface area contributed by atoms with Gasteiger partial charge >= 0.3 is 0 Å². The lowest BCUT2D eigenvalue weighted by Crippen LogP contribution is -1.82. The number of carbonyl (C=O) groups is 1. The summed E-state index contributed by atoms with van der Waals surface area (Å²) in [4.78, 5) is 12.1. The van der Waals surface area contributed by atoms with Gasteiger partial charge in [-0.1, -0.05) is 13.0 Å². The average molecular weight is 316 g/mol. The van der Waals surface area contributed by atoms with Crippen molar-refractivity contribution in [1.29, 1.82) is 0 Å². The molecule has 14 heavy (non-hydrogen) atoms. The van der Waals surface area contributed by atoms with Gasteiger partial charge in [0.2, 0.25) is 0 Å². The number of fused-ring (bicyclic) bond motifs is 1. The highest BCUT2D eigenvalue weighted by molar-refractivity contribution is 14.1. The Kier molecular flexibility index (Phi) is 2.88. The second kappa shape index (κ2) is 3.98. The predicted octanol–water partition coefficient (Wildman–Crippen LogP) is 3.88. The quantitative estimate of drug-likeness (QED) is 0.607. The third-order valence-electron chi connectivity index (χ3n) is 2.21. The normalized spacial score (nSPS) is 10.7. The first-order valence-electron chi connectivity index (χ1n) is 4.42. The Labute approximate surface area is 100 Å². The summed E-state index contributed by atoms with van der Waals surface area (Å²) in [6.45, 7) is 2.09. The first kappa shape index (κ1) is 10.1. The molecule has 0 amide bonds. The van der Waals surface area contributed by atoms with Gasteiger partial charge in [0.1, 0.15) is 0 Å². The van der Waals surface area contributed by atoms with Crippen LogP contribution in [0.4, 0.5) is 0 Å². The highest BCUT2D eigenvalue weighted by Crippen LogP contribution is 2.31. The fraction of sp³-hybridized carbons (Fsp3) is 0.182. The van der Waals surface area contributed by atoms with Crippen LogP contribution in [0.2, 0.25) is 0 Å². The molecule has 0 saturated carbocycles. The number of aryl methyl sites for hydroxylation is 1. The summed E-state index contributed by atoms with van der Waals surface area (Å²) in [6, 6.07) is 6.21. The minimum absolute atomic E-state index is 0.879. The number of carbonyl (C=O) groups excluding carboxylic acids is 1. The molecule has 1 aromatic heterocycles. The van der Waals surface area contributed by atoms with Crippen molar-refractivity contribution >= 4 is 50.3 Å². The second-order valence-corrected chi connectivity index (χ2v) is 5.43. The predicted molar refractivity (Wildman–Crippen MR) is 69.3 cm³/mol. The van der Waals surface area contributed by atoms with Crippen molar-refractivity contribution in [2.75, 3.05) is 0 Å². The lowest BCUT2D eigenvalue weighted by molar-refractivity contribution is 0.112. The van der Waals surface area contributed by atoms with E-state index >= 15 is 0 Å².